The molecule has 0 saturated carbocycles. The number of carbonyl (C=O) groups excluding carboxylic acids is 1. The van der Waals surface area contributed by atoms with Gasteiger partial charge in [0.1, 0.15) is 0 Å². The van der Waals surface area contributed by atoms with Gasteiger partial charge in [0, 0.05) is 27.3 Å². The molecule has 0 fully saturated rings. The molecule has 2 aliphatic rings. The number of anilines is 2. The number of rotatable bonds is 5. The highest BCUT2D eigenvalue weighted by molar-refractivity contribution is 8.00. The van der Waals surface area contributed by atoms with Crippen molar-refractivity contribution in [1.29, 1.82) is 0 Å². The summed E-state index contributed by atoms with van der Waals surface area (Å²) in [5, 5.41) is 0. The normalized spacial score (nSPS) is 16.9. The Morgan fingerprint density at radius 2 is 1.71 bits per heavy atom. The van der Waals surface area contributed by atoms with Crippen molar-refractivity contribution in [1.82, 2.24) is 4.90 Å². The molecule has 3 aromatic rings. The van der Waals surface area contributed by atoms with E-state index >= 15 is 0 Å². The highest BCUT2D eigenvalue weighted by Gasteiger charge is 2.32. The van der Waals surface area contributed by atoms with Gasteiger partial charge >= 0.3 is 0 Å². The Morgan fingerprint density at radius 3 is 2.44 bits per heavy atom. The average Bonchev–Trinajstić information content (AvgIpc) is 2.86. The molecule has 0 saturated heterocycles. The Labute approximate surface area is 209 Å². The monoisotopic (exact) mass is 492 g/mol. The molecule has 3 aromatic carbocycles. The Morgan fingerprint density at radius 1 is 1.00 bits per heavy atom. The maximum atomic E-state index is 13.9. The van der Waals surface area contributed by atoms with E-state index in [2.05, 4.69) is 48.4 Å². The lowest BCUT2D eigenvalue weighted by Gasteiger charge is -2.37. The summed E-state index contributed by atoms with van der Waals surface area (Å²) >= 11 is 3.42. The zero-order chi connectivity index (χ0) is 23.8. The van der Waals surface area contributed by atoms with Gasteiger partial charge < -0.3 is 9.47 Å². The van der Waals surface area contributed by atoms with Gasteiger partial charge in [-0.2, -0.15) is 0 Å². The van der Waals surface area contributed by atoms with Gasteiger partial charge in [0.05, 0.1) is 32.1 Å². The van der Waals surface area contributed by atoms with Crippen molar-refractivity contribution in [3.05, 3.63) is 65.7 Å². The van der Waals surface area contributed by atoms with Crippen LogP contribution in [0.2, 0.25) is 0 Å². The van der Waals surface area contributed by atoms with Gasteiger partial charge in [-0.25, -0.2) is 0 Å². The number of fused-ring (bicyclic) bond motifs is 3. The van der Waals surface area contributed by atoms with Crippen molar-refractivity contribution in [2.24, 2.45) is 0 Å². The minimum atomic E-state index is 0.0861. The van der Waals surface area contributed by atoms with Crippen molar-refractivity contribution < 1.29 is 14.3 Å². The van der Waals surface area contributed by atoms with Gasteiger partial charge in [0.15, 0.2) is 11.5 Å². The van der Waals surface area contributed by atoms with E-state index in [1.165, 1.54) is 11.1 Å². The molecule has 0 bridgehead atoms. The minimum absolute atomic E-state index is 0.0861. The highest BCUT2D eigenvalue weighted by Crippen LogP contribution is 2.49. The first-order valence-corrected chi connectivity index (χ1v) is 13.3. The van der Waals surface area contributed by atoms with Crippen LogP contribution in [0.15, 0.2) is 69.3 Å². The fourth-order valence-electron chi connectivity index (χ4n) is 4.71. The number of methoxy groups -OCH3 is 2. The van der Waals surface area contributed by atoms with E-state index in [-0.39, 0.29) is 11.9 Å². The Hall–Kier alpha value is -2.61. The number of hydrogen-bond donors (Lipinski definition) is 0. The molecule has 1 amide bonds. The Bertz CT molecular complexity index is 1250. The number of nitrogens with zero attached hydrogens (tertiary/aromatic N) is 2. The van der Waals surface area contributed by atoms with Crippen LogP contribution in [0.25, 0.3) is 0 Å². The first-order valence-electron chi connectivity index (χ1n) is 11.3. The van der Waals surface area contributed by atoms with Crippen LogP contribution in [0, 0.1) is 0 Å². The van der Waals surface area contributed by atoms with Crippen LogP contribution in [0.5, 0.6) is 11.5 Å². The van der Waals surface area contributed by atoms with Gasteiger partial charge in [0.25, 0.3) is 0 Å². The third-order valence-electron chi connectivity index (χ3n) is 6.54. The second-order valence-electron chi connectivity index (χ2n) is 8.57. The Kier molecular flexibility index (Phi) is 6.51. The molecule has 2 heterocycles. The van der Waals surface area contributed by atoms with Gasteiger partial charge in [-0.3, -0.25) is 14.6 Å². The molecule has 0 spiro atoms. The lowest BCUT2D eigenvalue weighted by Crippen LogP contribution is -2.45. The van der Waals surface area contributed by atoms with Crippen LogP contribution in [0.4, 0.5) is 11.4 Å². The summed E-state index contributed by atoms with van der Waals surface area (Å²) in [6.07, 6.45) is 2.93. The first kappa shape index (κ1) is 23.1. The molecule has 5 rings (SSSR count). The van der Waals surface area contributed by atoms with E-state index in [0.29, 0.717) is 13.1 Å². The van der Waals surface area contributed by atoms with E-state index in [0.717, 1.165) is 44.0 Å². The molecule has 34 heavy (non-hydrogen) atoms. The van der Waals surface area contributed by atoms with Gasteiger partial charge in [-0.1, -0.05) is 23.9 Å². The van der Waals surface area contributed by atoms with E-state index in [1.807, 2.05) is 29.2 Å². The number of carbonyl (C=O) groups is 1. The summed E-state index contributed by atoms with van der Waals surface area (Å²) in [5.74, 6) is 1.56. The summed E-state index contributed by atoms with van der Waals surface area (Å²) < 4.78 is 11.0. The molecule has 2 aliphatic heterocycles. The van der Waals surface area contributed by atoms with Gasteiger partial charge in [0.2, 0.25) is 5.91 Å². The number of hydrogen-bond acceptors (Lipinski definition) is 6. The summed E-state index contributed by atoms with van der Waals surface area (Å²) in [4.78, 5) is 21.4. The number of benzene rings is 3. The minimum Gasteiger partial charge on any atom is -0.493 e. The second-order valence-corrected chi connectivity index (χ2v) is 10.5. The van der Waals surface area contributed by atoms with Crippen molar-refractivity contribution >= 4 is 40.8 Å². The van der Waals surface area contributed by atoms with Crippen LogP contribution in [0.3, 0.4) is 0 Å². The van der Waals surface area contributed by atoms with Crippen LogP contribution in [-0.2, 0) is 17.8 Å². The lowest BCUT2D eigenvalue weighted by atomic mass is 9.94. The van der Waals surface area contributed by atoms with E-state index in [1.54, 1.807) is 37.7 Å². The zero-order valence-corrected chi connectivity index (χ0v) is 21.5. The van der Waals surface area contributed by atoms with E-state index < -0.39 is 0 Å². The molecule has 1 atom stereocenters. The van der Waals surface area contributed by atoms with Crippen LogP contribution in [-0.4, -0.2) is 43.9 Å². The summed E-state index contributed by atoms with van der Waals surface area (Å²) in [6.45, 7) is 3.23. The molecule has 0 N–H and O–H groups in total. The van der Waals surface area contributed by atoms with Gasteiger partial charge in [-0.05, 0) is 73.2 Å². The zero-order valence-electron chi connectivity index (χ0n) is 19.8. The quantitative estimate of drug-likeness (QED) is 0.407. The summed E-state index contributed by atoms with van der Waals surface area (Å²) in [5.41, 5.74) is 4.36. The smallest absolute Gasteiger partial charge is 0.245 e. The molecule has 0 aliphatic carbocycles. The second kappa shape index (κ2) is 9.56. The predicted molar refractivity (Wildman–Crippen MR) is 139 cm³/mol. The Balaban J connectivity index is 1.46. The first-order chi connectivity index (χ1) is 16.5. The third-order valence-corrected chi connectivity index (χ3v) is 8.39. The summed E-state index contributed by atoms with van der Waals surface area (Å²) in [6, 6.07) is 18.9. The molecular formula is C27H28N2O3S2. The highest BCUT2D eigenvalue weighted by atomic mass is 32.2. The molecule has 5 nitrogen and oxygen atoms in total. The fourth-order valence-corrected chi connectivity index (χ4v) is 6.18. The van der Waals surface area contributed by atoms with Crippen molar-refractivity contribution in [3.63, 3.8) is 0 Å². The number of amides is 1. The maximum absolute atomic E-state index is 13.9. The van der Waals surface area contributed by atoms with Crippen LogP contribution >= 0.6 is 23.5 Å². The van der Waals surface area contributed by atoms with Crippen LogP contribution in [0.1, 0.15) is 18.1 Å². The molecule has 7 heteroatoms. The number of para-hydroxylation sites is 1. The van der Waals surface area contributed by atoms with Crippen molar-refractivity contribution in [3.8, 4) is 11.5 Å². The largest absolute Gasteiger partial charge is 0.493 e. The maximum Gasteiger partial charge on any atom is 0.245 e. The standard InChI is InChI=1S/C27H28N2O3S2/c1-17-11-18-12-23(31-2)24(32-3)13-19(18)15-28(17)16-27(30)29-21-7-5-6-8-25(21)34-26-10-9-20(33-4)14-22(26)29/h5-10,12-14,17H,11,15-16H2,1-4H3. The van der Waals surface area contributed by atoms with Gasteiger partial charge in [-0.15, -0.1) is 11.8 Å². The molecule has 1 unspecified atom stereocenters. The number of thioether (sulfide) groups is 1. The summed E-state index contributed by atoms with van der Waals surface area (Å²) in [7, 11) is 3.32. The van der Waals surface area contributed by atoms with Crippen molar-refractivity contribution in [2.75, 3.05) is 31.9 Å². The SMILES string of the molecule is COc1cc2c(cc1OC)CN(CC(=O)N1c3ccccc3Sc3ccc(SC)cc31)C(C)C2. The van der Waals surface area contributed by atoms with E-state index in [4.69, 9.17) is 9.47 Å². The average molecular weight is 493 g/mol. The predicted octanol–water partition coefficient (Wildman–Crippen LogP) is 6.00. The molecule has 176 valence electrons. The molecule has 0 aromatic heterocycles. The van der Waals surface area contributed by atoms with E-state index in [9.17, 15) is 4.79 Å². The van der Waals surface area contributed by atoms with Crippen LogP contribution < -0.4 is 14.4 Å². The fraction of sp³-hybridized carbons (Fsp3) is 0.296. The molecule has 0 radical (unpaired) electrons. The topological polar surface area (TPSA) is 42.0 Å². The lowest BCUT2D eigenvalue weighted by molar-refractivity contribution is -0.119. The molecular weight excluding hydrogens is 464 g/mol. The van der Waals surface area contributed by atoms with Crippen molar-refractivity contribution in [2.45, 2.75) is 40.6 Å². The third kappa shape index (κ3) is 4.17. The number of ether oxygens (including phenoxy) is 2.